The van der Waals surface area contributed by atoms with Gasteiger partial charge in [-0.3, -0.25) is 4.79 Å². The van der Waals surface area contributed by atoms with Crippen LogP contribution in [0.2, 0.25) is 4.34 Å². The van der Waals surface area contributed by atoms with Crippen LogP contribution >= 0.6 is 22.9 Å². The zero-order valence-corrected chi connectivity index (χ0v) is 18.0. The van der Waals surface area contributed by atoms with E-state index in [1.807, 2.05) is 0 Å². The molecule has 2 aromatic heterocycles. The fourth-order valence-electron chi connectivity index (χ4n) is 3.36. The van der Waals surface area contributed by atoms with Gasteiger partial charge in [0.15, 0.2) is 0 Å². The lowest BCUT2D eigenvalue weighted by Gasteiger charge is -2.24. The van der Waals surface area contributed by atoms with Crippen molar-refractivity contribution in [2.45, 2.75) is 18.4 Å². The van der Waals surface area contributed by atoms with E-state index in [0.29, 0.717) is 32.5 Å². The van der Waals surface area contributed by atoms with Crippen molar-refractivity contribution in [3.05, 3.63) is 56.8 Å². The summed E-state index contributed by atoms with van der Waals surface area (Å²) in [6.45, 7) is 0.352. The minimum Gasteiger partial charge on any atom is -0.383 e. The second-order valence-electron chi connectivity index (χ2n) is 6.88. The van der Waals surface area contributed by atoms with E-state index in [1.54, 1.807) is 30.3 Å². The van der Waals surface area contributed by atoms with E-state index in [1.165, 1.54) is 23.7 Å². The van der Waals surface area contributed by atoms with Gasteiger partial charge in [0.1, 0.15) is 17.7 Å². The summed E-state index contributed by atoms with van der Waals surface area (Å²) in [5.41, 5.74) is 5.79. The van der Waals surface area contributed by atoms with Crippen molar-refractivity contribution in [1.29, 1.82) is 0 Å². The predicted octanol–water partition coefficient (Wildman–Crippen LogP) is 2.33. The van der Waals surface area contributed by atoms with E-state index in [2.05, 4.69) is 20.0 Å². The topological polar surface area (TPSA) is 129 Å². The van der Waals surface area contributed by atoms with Gasteiger partial charge in [-0.25, -0.2) is 18.4 Å². The van der Waals surface area contributed by atoms with Crippen molar-refractivity contribution in [2.24, 2.45) is 0 Å². The van der Waals surface area contributed by atoms with Gasteiger partial charge in [0.25, 0.3) is 10.0 Å². The number of halogens is 1. The summed E-state index contributed by atoms with van der Waals surface area (Å²) in [6.07, 6.45) is 3.17. The number of hydrogen-bond acceptors (Lipinski definition) is 7. The monoisotopic (exact) mass is 462 g/mol. The molecule has 155 valence electrons. The first-order chi connectivity index (χ1) is 14.3. The molecule has 30 heavy (non-hydrogen) atoms. The highest BCUT2D eigenvalue weighted by Crippen LogP contribution is 2.28. The quantitative estimate of drug-likeness (QED) is 0.578. The highest BCUT2D eigenvalue weighted by atomic mass is 35.5. The summed E-state index contributed by atoms with van der Waals surface area (Å²) in [6, 6.07) is 8.69. The van der Waals surface area contributed by atoms with Crippen molar-refractivity contribution < 1.29 is 13.2 Å². The van der Waals surface area contributed by atoms with Crippen LogP contribution in [0.4, 0.5) is 5.82 Å². The number of sulfonamides is 1. The number of amides is 1. The Hall–Kier alpha value is -2.53. The smallest absolute Gasteiger partial charge is 0.251 e. The zero-order chi connectivity index (χ0) is 21.4. The third-order valence-electron chi connectivity index (χ3n) is 4.78. The summed E-state index contributed by atoms with van der Waals surface area (Å²) < 4.78 is 29.9. The van der Waals surface area contributed by atoms with E-state index in [4.69, 9.17) is 17.3 Å². The number of nitrogens with zero attached hydrogens (tertiary/aromatic N) is 3. The minimum absolute atomic E-state index is 0.122. The van der Waals surface area contributed by atoms with Crippen molar-refractivity contribution in [1.82, 2.24) is 20.0 Å². The number of benzene rings is 1. The highest BCUT2D eigenvalue weighted by molar-refractivity contribution is 7.92. The Balaban J connectivity index is 1.62. The molecule has 0 spiro atoms. The van der Waals surface area contributed by atoms with Crippen LogP contribution in [0.3, 0.4) is 0 Å². The fraction of sp³-hybridized carbons (Fsp3) is 0.211. The van der Waals surface area contributed by atoms with Gasteiger partial charge in [0.05, 0.1) is 9.85 Å². The molecule has 0 bridgehead atoms. The van der Waals surface area contributed by atoms with Crippen molar-refractivity contribution in [3.8, 4) is 0 Å². The Kier molecular flexibility index (Phi) is 5.49. The number of carbonyl (C=O) groups is 1. The summed E-state index contributed by atoms with van der Waals surface area (Å²) >= 11 is 7.12. The number of carbonyl (C=O) groups excluding carboxylic acids is 1. The maximum atomic E-state index is 12.7. The number of nitrogens with two attached hydrogens (primary N) is 1. The number of nitrogen functional groups attached to an aromatic ring is 1. The largest absolute Gasteiger partial charge is 0.383 e. The number of aromatic nitrogens is 2. The first-order valence-corrected chi connectivity index (χ1v) is 11.7. The lowest BCUT2D eigenvalue weighted by atomic mass is 9.90. The minimum atomic E-state index is -4.01. The van der Waals surface area contributed by atoms with Gasteiger partial charge >= 0.3 is 0 Å². The molecule has 3 heterocycles. The van der Waals surface area contributed by atoms with Gasteiger partial charge in [-0.1, -0.05) is 17.7 Å². The van der Waals surface area contributed by atoms with Crippen LogP contribution in [0.15, 0.2) is 42.1 Å². The third-order valence-corrected chi connectivity index (χ3v) is 7.06. The SMILES string of the molecule is Nc1ncnc2cc(C[C@]3([N]S(=O)(=O)C=Cc4ccc(Cl)s4)CCNC3=O)ccc12. The first-order valence-electron chi connectivity index (χ1n) is 8.96. The molecule has 3 aromatic rings. The number of hydrogen-bond donors (Lipinski definition) is 2. The summed E-state index contributed by atoms with van der Waals surface area (Å²) in [7, 11) is -4.01. The summed E-state index contributed by atoms with van der Waals surface area (Å²) in [5, 5.41) is 4.38. The molecule has 1 aliphatic heterocycles. The number of rotatable bonds is 6. The predicted molar refractivity (Wildman–Crippen MR) is 117 cm³/mol. The number of fused-ring (bicyclic) bond motifs is 1. The van der Waals surface area contributed by atoms with E-state index in [0.717, 1.165) is 11.0 Å². The molecule has 1 saturated heterocycles. The van der Waals surface area contributed by atoms with Crippen LogP contribution in [0.25, 0.3) is 17.0 Å². The number of nitrogens with one attached hydrogen (secondary N) is 1. The summed E-state index contributed by atoms with van der Waals surface area (Å²) in [5.74, 6) is -0.0631. The van der Waals surface area contributed by atoms with Gasteiger partial charge in [0, 0.05) is 28.6 Å². The molecule has 1 aromatic carbocycles. The van der Waals surface area contributed by atoms with Gasteiger partial charge in [-0.2, -0.15) is 0 Å². The van der Waals surface area contributed by atoms with Crippen LogP contribution in [0.1, 0.15) is 16.9 Å². The van der Waals surface area contributed by atoms with Crippen LogP contribution in [-0.2, 0) is 21.2 Å². The average Bonchev–Trinajstić information content (AvgIpc) is 3.26. The van der Waals surface area contributed by atoms with Crippen LogP contribution in [0.5, 0.6) is 0 Å². The van der Waals surface area contributed by atoms with E-state index in [9.17, 15) is 13.2 Å². The molecule has 1 radical (unpaired) electrons. The Morgan fingerprint density at radius 2 is 2.13 bits per heavy atom. The zero-order valence-electron chi connectivity index (χ0n) is 15.6. The second-order valence-corrected chi connectivity index (χ2v) is 10.1. The Morgan fingerprint density at radius 1 is 1.30 bits per heavy atom. The van der Waals surface area contributed by atoms with Gasteiger partial charge < -0.3 is 11.1 Å². The standard InChI is InChI=1S/C19H17ClN5O3S2/c20-16-4-2-13(29-16)5-8-30(27,28)25-19(6-7-22-18(19)26)10-12-1-3-14-15(9-12)23-11-24-17(14)21/h1-5,8-9,11H,6-7,10H2,(H,22,26)(H2,21,23,24)/t19-/m1/s1. The van der Waals surface area contributed by atoms with E-state index in [-0.39, 0.29) is 12.8 Å². The molecule has 3 N–H and O–H groups in total. The van der Waals surface area contributed by atoms with E-state index >= 15 is 0 Å². The van der Waals surface area contributed by atoms with Crippen LogP contribution in [0, 0.1) is 0 Å². The molecule has 1 aliphatic rings. The van der Waals surface area contributed by atoms with Crippen molar-refractivity contribution >= 4 is 61.7 Å². The van der Waals surface area contributed by atoms with Gasteiger partial charge in [-0.05, 0) is 42.3 Å². The second kappa shape index (κ2) is 7.95. The molecule has 4 rings (SSSR count). The van der Waals surface area contributed by atoms with Crippen LogP contribution < -0.4 is 15.8 Å². The van der Waals surface area contributed by atoms with Gasteiger partial charge in [0.2, 0.25) is 5.91 Å². The highest BCUT2D eigenvalue weighted by Gasteiger charge is 2.46. The van der Waals surface area contributed by atoms with Crippen molar-refractivity contribution in [3.63, 3.8) is 0 Å². The normalized spacial score (nSPS) is 19.6. The molecule has 0 aliphatic carbocycles. The number of anilines is 1. The molecule has 1 amide bonds. The molecular formula is C19H17ClN5O3S2. The molecule has 1 fully saturated rings. The average molecular weight is 463 g/mol. The first kappa shape index (κ1) is 20.7. The fourth-order valence-corrected chi connectivity index (χ4v) is 5.52. The molecule has 0 saturated carbocycles. The molecule has 0 unspecified atom stereocenters. The molecular weight excluding hydrogens is 446 g/mol. The maximum Gasteiger partial charge on any atom is 0.251 e. The van der Waals surface area contributed by atoms with Gasteiger partial charge in [-0.15, -0.1) is 16.1 Å². The van der Waals surface area contributed by atoms with Crippen molar-refractivity contribution in [2.75, 3.05) is 12.3 Å². The summed E-state index contributed by atoms with van der Waals surface area (Å²) in [4.78, 5) is 21.4. The Morgan fingerprint density at radius 3 is 2.83 bits per heavy atom. The maximum absolute atomic E-state index is 12.7. The Bertz CT molecular complexity index is 1260. The number of thiophene rings is 1. The molecule has 1 atom stereocenters. The Labute approximate surface area is 182 Å². The van der Waals surface area contributed by atoms with E-state index < -0.39 is 21.5 Å². The molecule has 11 heteroatoms. The molecule has 8 nitrogen and oxygen atoms in total. The lowest BCUT2D eigenvalue weighted by Crippen LogP contribution is -2.50. The van der Waals surface area contributed by atoms with Crippen LogP contribution in [-0.4, -0.2) is 36.4 Å². The third kappa shape index (κ3) is 4.31. The lowest BCUT2D eigenvalue weighted by molar-refractivity contribution is -0.124.